The van der Waals surface area contributed by atoms with Gasteiger partial charge in [-0.3, -0.25) is 9.48 Å². The number of halogens is 1. The fraction of sp³-hybridized carbons (Fsp3) is 0.231. The third-order valence-electron chi connectivity index (χ3n) is 2.64. The van der Waals surface area contributed by atoms with Crippen LogP contribution in [0, 0.1) is 0 Å². The van der Waals surface area contributed by atoms with Gasteiger partial charge in [0, 0.05) is 26.7 Å². The van der Waals surface area contributed by atoms with E-state index in [9.17, 15) is 4.79 Å². The van der Waals surface area contributed by atoms with Crippen molar-refractivity contribution in [2.75, 3.05) is 14.1 Å². The fourth-order valence-electron chi connectivity index (χ4n) is 1.71. The van der Waals surface area contributed by atoms with Crippen LogP contribution in [-0.4, -0.2) is 34.7 Å². The van der Waals surface area contributed by atoms with E-state index in [1.165, 1.54) is 9.58 Å². The Bertz CT molecular complexity index is 575. The van der Waals surface area contributed by atoms with Gasteiger partial charge in [-0.2, -0.15) is 5.10 Å². The second-order valence-corrected chi connectivity index (χ2v) is 4.56. The molecule has 0 aliphatic carbocycles. The van der Waals surface area contributed by atoms with Crippen molar-refractivity contribution in [2.24, 2.45) is 7.05 Å². The highest BCUT2D eigenvalue weighted by Gasteiger charge is 2.23. The summed E-state index contributed by atoms with van der Waals surface area (Å²) < 4.78 is 1.51. The Kier molecular flexibility index (Phi) is 3.39. The summed E-state index contributed by atoms with van der Waals surface area (Å²) in [6.07, 6.45) is 0. The molecule has 1 aromatic heterocycles. The van der Waals surface area contributed by atoms with Crippen LogP contribution in [0.15, 0.2) is 30.3 Å². The van der Waals surface area contributed by atoms with Gasteiger partial charge in [0.1, 0.15) is 16.4 Å². The first-order valence-electron chi connectivity index (χ1n) is 5.52. The number of hydrogen-bond donors (Lipinski definition) is 0. The van der Waals surface area contributed by atoms with Gasteiger partial charge in [-0.15, -0.1) is 0 Å². The second-order valence-electron chi connectivity index (χ2n) is 4.20. The Morgan fingerprint density at radius 1 is 1.28 bits per heavy atom. The van der Waals surface area contributed by atoms with Gasteiger partial charge in [-0.05, 0) is 0 Å². The number of carbonyl (C=O) groups excluding carboxylic acids is 1. The predicted octanol–water partition coefficient (Wildman–Crippen LogP) is 2.44. The molecule has 0 bridgehead atoms. The Hall–Kier alpha value is -1.81. The van der Waals surface area contributed by atoms with E-state index in [1.54, 1.807) is 21.1 Å². The van der Waals surface area contributed by atoms with E-state index in [0.717, 1.165) is 5.56 Å². The van der Waals surface area contributed by atoms with Crippen LogP contribution in [0.5, 0.6) is 0 Å². The van der Waals surface area contributed by atoms with Crippen molar-refractivity contribution in [3.8, 4) is 11.3 Å². The van der Waals surface area contributed by atoms with E-state index in [4.69, 9.17) is 11.6 Å². The molecule has 0 aliphatic rings. The zero-order chi connectivity index (χ0) is 13.3. The molecule has 0 saturated heterocycles. The lowest BCUT2D eigenvalue weighted by Crippen LogP contribution is -2.22. The average molecular weight is 264 g/mol. The topological polar surface area (TPSA) is 38.1 Å². The molecule has 1 aromatic carbocycles. The first-order valence-corrected chi connectivity index (χ1v) is 5.89. The molecule has 2 rings (SSSR count). The maximum atomic E-state index is 12.2. The highest BCUT2D eigenvalue weighted by molar-refractivity contribution is 6.33. The van der Waals surface area contributed by atoms with Crippen LogP contribution in [0.3, 0.4) is 0 Å². The lowest BCUT2D eigenvalue weighted by molar-refractivity contribution is 0.0828. The first kappa shape index (κ1) is 12.6. The summed E-state index contributed by atoms with van der Waals surface area (Å²) in [5.74, 6) is -0.146. The highest BCUT2D eigenvalue weighted by atomic mass is 35.5. The van der Waals surface area contributed by atoms with Gasteiger partial charge in [-0.25, -0.2) is 0 Å². The summed E-state index contributed by atoms with van der Waals surface area (Å²) in [7, 11) is 5.11. The van der Waals surface area contributed by atoms with Crippen LogP contribution < -0.4 is 0 Å². The molecule has 0 radical (unpaired) electrons. The molecule has 0 aliphatic heterocycles. The predicted molar refractivity (Wildman–Crippen MR) is 71.7 cm³/mol. The molecule has 0 fully saturated rings. The van der Waals surface area contributed by atoms with Gasteiger partial charge in [0.15, 0.2) is 0 Å². The molecule has 0 atom stereocenters. The average Bonchev–Trinajstić information content (AvgIpc) is 2.66. The number of aromatic nitrogens is 2. The number of carbonyl (C=O) groups is 1. The summed E-state index contributed by atoms with van der Waals surface area (Å²) in [6.45, 7) is 0. The van der Waals surface area contributed by atoms with Gasteiger partial charge < -0.3 is 4.90 Å². The smallest absolute Gasteiger partial charge is 0.258 e. The summed E-state index contributed by atoms with van der Waals surface area (Å²) in [5, 5.41) is 4.68. The lowest BCUT2D eigenvalue weighted by Gasteiger charge is -2.10. The number of amides is 1. The van der Waals surface area contributed by atoms with Gasteiger partial charge in [-0.1, -0.05) is 41.9 Å². The van der Waals surface area contributed by atoms with Crippen molar-refractivity contribution in [1.29, 1.82) is 0 Å². The molecule has 4 nitrogen and oxygen atoms in total. The molecule has 5 heteroatoms. The minimum absolute atomic E-state index is 0.146. The summed E-state index contributed by atoms with van der Waals surface area (Å²) in [6, 6.07) is 9.54. The minimum atomic E-state index is -0.146. The van der Waals surface area contributed by atoms with E-state index < -0.39 is 0 Å². The molecule has 0 N–H and O–H groups in total. The van der Waals surface area contributed by atoms with E-state index in [0.29, 0.717) is 16.4 Å². The van der Waals surface area contributed by atoms with Crippen LogP contribution >= 0.6 is 11.6 Å². The molecular formula is C13H14ClN3O. The zero-order valence-electron chi connectivity index (χ0n) is 10.5. The standard InChI is InChI=1S/C13H14ClN3O/c1-16(2)13(18)10-11(15-17(3)12(10)14)9-7-5-4-6-8-9/h4-8H,1-3H3. The Morgan fingerprint density at radius 2 is 1.89 bits per heavy atom. The quantitative estimate of drug-likeness (QED) is 0.835. The molecule has 0 spiro atoms. The molecule has 1 heterocycles. The molecule has 18 heavy (non-hydrogen) atoms. The maximum absolute atomic E-state index is 12.2. The molecule has 2 aromatic rings. The van der Waals surface area contributed by atoms with Gasteiger partial charge >= 0.3 is 0 Å². The fourth-order valence-corrected chi connectivity index (χ4v) is 1.92. The molecule has 1 amide bonds. The maximum Gasteiger partial charge on any atom is 0.258 e. The van der Waals surface area contributed by atoms with Gasteiger partial charge in [0.2, 0.25) is 0 Å². The van der Waals surface area contributed by atoms with Crippen molar-refractivity contribution in [2.45, 2.75) is 0 Å². The molecule has 94 valence electrons. The van der Waals surface area contributed by atoms with E-state index >= 15 is 0 Å². The largest absolute Gasteiger partial charge is 0.345 e. The third-order valence-corrected chi connectivity index (χ3v) is 3.08. The van der Waals surface area contributed by atoms with Crippen LogP contribution in [-0.2, 0) is 7.05 Å². The van der Waals surface area contributed by atoms with Gasteiger partial charge in [0.25, 0.3) is 5.91 Å². The number of benzene rings is 1. The number of aryl methyl sites for hydroxylation is 1. The Morgan fingerprint density at radius 3 is 2.44 bits per heavy atom. The van der Waals surface area contributed by atoms with E-state index in [1.807, 2.05) is 30.3 Å². The van der Waals surface area contributed by atoms with E-state index in [-0.39, 0.29) is 5.91 Å². The third kappa shape index (κ3) is 2.11. The van der Waals surface area contributed by atoms with E-state index in [2.05, 4.69) is 5.10 Å². The lowest BCUT2D eigenvalue weighted by atomic mass is 10.1. The summed E-state index contributed by atoms with van der Waals surface area (Å²) >= 11 is 6.16. The normalized spacial score (nSPS) is 10.4. The van der Waals surface area contributed by atoms with Crippen LogP contribution in [0.2, 0.25) is 5.15 Å². The number of rotatable bonds is 2. The van der Waals surface area contributed by atoms with Crippen LogP contribution in [0.1, 0.15) is 10.4 Å². The zero-order valence-corrected chi connectivity index (χ0v) is 11.3. The highest BCUT2D eigenvalue weighted by Crippen LogP contribution is 2.28. The number of hydrogen-bond acceptors (Lipinski definition) is 2. The monoisotopic (exact) mass is 263 g/mol. The molecule has 0 unspecified atom stereocenters. The van der Waals surface area contributed by atoms with Crippen molar-refractivity contribution in [1.82, 2.24) is 14.7 Å². The Balaban J connectivity index is 2.62. The summed E-state index contributed by atoms with van der Waals surface area (Å²) in [5.41, 5.74) is 1.93. The second kappa shape index (κ2) is 4.82. The SMILES string of the molecule is CN(C)C(=O)c1c(-c2ccccc2)nn(C)c1Cl. The van der Waals surface area contributed by atoms with Crippen LogP contribution in [0.4, 0.5) is 0 Å². The van der Waals surface area contributed by atoms with Crippen molar-refractivity contribution < 1.29 is 4.79 Å². The molecular weight excluding hydrogens is 250 g/mol. The van der Waals surface area contributed by atoms with Gasteiger partial charge in [0.05, 0.1) is 0 Å². The minimum Gasteiger partial charge on any atom is -0.345 e. The molecule has 0 saturated carbocycles. The number of nitrogens with zero attached hydrogens (tertiary/aromatic N) is 3. The first-order chi connectivity index (χ1) is 8.52. The van der Waals surface area contributed by atoms with Crippen molar-refractivity contribution in [3.05, 3.63) is 41.0 Å². The van der Waals surface area contributed by atoms with Crippen molar-refractivity contribution in [3.63, 3.8) is 0 Å². The summed E-state index contributed by atoms with van der Waals surface area (Å²) in [4.78, 5) is 13.7. The van der Waals surface area contributed by atoms with Crippen LogP contribution in [0.25, 0.3) is 11.3 Å². The van der Waals surface area contributed by atoms with Crippen molar-refractivity contribution >= 4 is 17.5 Å². The Labute approximate surface area is 111 Å².